The fourth-order valence-electron chi connectivity index (χ4n) is 1.78. The standard InChI is InChI=1S/C12H22N2S/c1-9(2)6-5-7-14-11(10(3)4)8-13-12(14)15/h8-10H,5-7H2,1-4H3,(H,13,15). The molecule has 0 atom stereocenters. The third kappa shape index (κ3) is 3.49. The molecule has 0 aliphatic rings. The summed E-state index contributed by atoms with van der Waals surface area (Å²) in [6, 6.07) is 0. The van der Waals surface area contributed by atoms with Crippen LogP contribution in [0.3, 0.4) is 0 Å². The van der Waals surface area contributed by atoms with E-state index < -0.39 is 0 Å². The van der Waals surface area contributed by atoms with Crippen LogP contribution in [0.15, 0.2) is 6.20 Å². The van der Waals surface area contributed by atoms with Crippen molar-refractivity contribution in [3.05, 3.63) is 16.7 Å². The van der Waals surface area contributed by atoms with E-state index in [1.165, 1.54) is 18.5 Å². The zero-order valence-electron chi connectivity index (χ0n) is 10.2. The Morgan fingerprint density at radius 3 is 2.53 bits per heavy atom. The van der Waals surface area contributed by atoms with E-state index >= 15 is 0 Å². The first-order valence-corrected chi connectivity index (χ1v) is 6.21. The average molecular weight is 226 g/mol. The van der Waals surface area contributed by atoms with Gasteiger partial charge in [-0.3, -0.25) is 0 Å². The van der Waals surface area contributed by atoms with Gasteiger partial charge in [0, 0.05) is 18.4 Å². The number of rotatable bonds is 5. The van der Waals surface area contributed by atoms with Crippen molar-refractivity contribution in [3.8, 4) is 0 Å². The van der Waals surface area contributed by atoms with Crippen molar-refractivity contribution < 1.29 is 0 Å². The molecule has 0 bridgehead atoms. The van der Waals surface area contributed by atoms with Gasteiger partial charge in [0.2, 0.25) is 0 Å². The lowest BCUT2D eigenvalue weighted by molar-refractivity contribution is 0.499. The first kappa shape index (κ1) is 12.5. The molecule has 0 saturated carbocycles. The highest BCUT2D eigenvalue weighted by atomic mass is 32.1. The van der Waals surface area contributed by atoms with Crippen LogP contribution in [0.5, 0.6) is 0 Å². The third-order valence-electron chi connectivity index (χ3n) is 2.66. The highest BCUT2D eigenvalue weighted by molar-refractivity contribution is 7.71. The Bertz CT molecular complexity index is 347. The van der Waals surface area contributed by atoms with Gasteiger partial charge in [0.05, 0.1) is 0 Å². The van der Waals surface area contributed by atoms with E-state index in [4.69, 9.17) is 12.2 Å². The van der Waals surface area contributed by atoms with Gasteiger partial charge >= 0.3 is 0 Å². The van der Waals surface area contributed by atoms with Crippen LogP contribution in [-0.4, -0.2) is 9.55 Å². The monoisotopic (exact) mass is 226 g/mol. The smallest absolute Gasteiger partial charge is 0.177 e. The minimum atomic E-state index is 0.539. The summed E-state index contributed by atoms with van der Waals surface area (Å²) < 4.78 is 3.10. The molecule has 0 unspecified atom stereocenters. The fraction of sp³-hybridized carbons (Fsp3) is 0.750. The molecule has 3 heteroatoms. The van der Waals surface area contributed by atoms with E-state index in [9.17, 15) is 0 Å². The molecule has 0 saturated heterocycles. The molecule has 86 valence electrons. The first-order valence-electron chi connectivity index (χ1n) is 5.80. The summed E-state index contributed by atoms with van der Waals surface area (Å²) in [7, 11) is 0. The summed E-state index contributed by atoms with van der Waals surface area (Å²) in [6.45, 7) is 9.99. The number of hydrogen-bond acceptors (Lipinski definition) is 1. The molecule has 0 aliphatic heterocycles. The molecule has 0 aliphatic carbocycles. The predicted molar refractivity (Wildman–Crippen MR) is 67.8 cm³/mol. The van der Waals surface area contributed by atoms with Crippen molar-refractivity contribution in [1.29, 1.82) is 0 Å². The molecule has 0 radical (unpaired) electrons. The molecule has 1 heterocycles. The maximum atomic E-state index is 5.28. The largest absolute Gasteiger partial charge is 0.337 e. The fourth-order valence-corrected chi connectivity index (χ4v) is 2.03. The van der Waals surface area contributed by atoms with E-state index in [1.54, 1.807) is 0 Å². The molecular formula is C12H22N2S. The topological polar surface area (TPSA) is 20.7 Å². The molecule has 1 rings (SSSR count). The van der Waals surface area contributed by atoms with Crippen LogP contribution in [0, 0.1) is 10.7 Å². The van der Waals surface area contributed by atoms with Gasteiger partial charge in [-0.05, 0) is 36.9 Å². The molecule has 1 aromatic heterocycles. The summed E-state index contributed by atoms with van der Waals surface area (Å²) in [5, 5.41) is 0. The van der Waals surface area contributed by atoms with Crippen molar-refractivity contribution in [2.24, 2.45) is 5.92 Å². The van der Waals surface area contributed by atoms with Crippen LogP contribution in [0.2, 0.25) is 0 Å². The predicted octanol–water partition coefficient (Wildman–Crippen LogP) is 4.11. The Morgan fingerprint density at radius 2 is 2.00 bits per heavy atom. The van der Waals surface area contributed by atoms with Crippen molar-refractivity contribution in [2.75, 3.05) is 0 Å². The van der Waals surface area contributed by atoms with Gasteiger partial charge in [-0.25, -0.2) is 0 Å². The molecule has 0 fully saturated rings. The molecule has 0 aromatic carbocycles. The number of hydrogen-bond donors (Lipinski definition) is 1. The Hall–Kier alpha value is -0.570. The van der Waals surface area contributed by atoms with Crippen LogP contribution in [0.25, 0.3) is 0 Å². The van der Waals surface area contributed by atoms with Gasteiger partial charge in [0.1, 0.15) is 0 Å². The number of imidazole rings is 1. The highest BCUT2D eigenvalue weighted by Crippen LogP contribution is 2.16. The van der Waals surface area contributed by atoms with Crippen LogP contribution in [-0.2, 0) is 6.54 Å². The maximum absolute atomic E-state index is 5.28. The highest BCUT2D eigenvalue weighted by Gasteiger charge is 2.07. The van der Waals surface area contributed by atoms with Crippen LogP contribution >= 0.6 is 12.2 Å². The maximum Gasteiger partial charge on any atom is 0.177 e. The third-order valence-corrected chi connectivity index (χ3v) is 2.99. The quantitative estimate of drug-likeness (QED) is 0.749. The van der Waals surface area contributed by atoms with E-state index in [2.05, 4.69) is 37.2 Å². The Labute approximate surface area is 97.7 Å². The van der Waals surface area contributed by atoms with Crippen LogP contribution in [0.4, 0.5) is 0 Å². The molecular weight excluding hydrogens is 204 g/mol. The average Bonchev–Trinajstić information content (AvgIpc) is 2.47. The lowest BCUT2D eigenvalue weighted by atomic mass is 10.1. The Balaban J connectivity index is 2.67. The number of nitrogens with one attached hydrogen (secondary N) is 1. The minimum absolute atomic E-state index is 0.539. The molecule has 1 aromatic rings. The summed E-state index contributed by atoms with van der Waals surface area (Å²) in [5.74, 6) is 1.32. The van der Waals surface area contributed by atoms with Crippen molar-refractivity contribution in [1.82, 2.24) is 9.55 Å². The lowest BCUT2D eigenvalue weighted by Crippen LogP contribution is -2.05. The Kier molecular flexibility index (Phi) is 4.58. The van der Waals surface area contributed by atoms with E-state index in [-0.39, 0.29) is 0 Å². The van der Waals surface area contributed by atoms with Crippen molar-refractivity contribution in [2.45, 2.75) is 53.0 Å². The van der Waals surface area contributed by atoms with Gasteiger partial charge in [-0.2, -0.15) is 0 Å². The van der Waals surface area contributed by atoms with E-state index in [0.717, 1.165) is 17.2 Å². The van der Waals surface area contributed by atoms with Crippen LogP contribution in [0.1, 0.15) is 52.1 Å². The lowest BCUT2D eigenvalue weighted by Gasteiger charge is -2.11. The normalized spacial score (nSPS) is 11.6. The molecule has 15 heavy (non-hydrogen) atoms. The van der Waals surface area contributed by atoms with Gasteiger partial charge in [0.25, 0.3) is 0 Å². The summed E-state index contributed by atoms with van der Waals surface area (Å²) in [6.07, 6.45) is 4.52. The molecule has 1 N–H and O–H groups in total. The molecule has 0 spiro atoms. The van der Waals surface area contributed by atoms with E-state index in [0.29, 0.717) is 5.92 Å². The SMILES string of the molecule is CC(C)CCCn1c(C(C)C)c[nH]c1=S. The number of H-pyrrole nitrogens is 1. The van der Waals surface area contributed by atoms with Crippen molar-refractivity contribution >= 4 is 12.2 Å². The second-order valence-corrected chi connectivity index (χ2v) is 5.25. The number of aromatic amines is 1. The van der Waals surface area contributed by atoms with Gasteiger partial charge in [-0.15, -0.1) is 0 Å². The minimum Gasteiger partial charge on any atom is -0.337 e. The molecule has 0 amide bonds. The number of nitrogens with zero attached hydrogens (tertiary/aromatic N) is 1. The summed E-state index contributed by atoms with van der Waals surface area (Å²) >= 11 is 5.28. The van der Waals surface area contributed by atoms with Gasteiger partial charge in [0.15, 0.2) is 4.77 Å². The van der Waals surface area contributed by atoms with E-state index in [1.807, 2.05) is 6.20 Å². The van der Waals surface area contributed by atoms with Crippen LogP contribution < -0.4 is 0 Å². The second kappa shape index (κ2) is 5.50. The summed E-state index contributed by atoms with van der Waals surface area (Å²) in [5.41, 5.74) is 1.32. The first-order chi connectivity index (χ1) is 7.02. The Morgan fingerprint density at radius 1 is 1.33 bits per heavy atom. The van der Waals surface area contributed by atoms with Crippen molar-refractivity contribution in [3.63, 3.8) is 0 Å². The van der Waals surface area contributed by atoms with Gasteiger partial charge < -0.3 is 9.55 Å². The zero-order chi connectivity index (χ0) is 11.4. The number of aromatic nitrogens is 2. The second-order valence-electron chi connectivity index (χ2n) is 4.86. The summed E-state index contributed by atoms with van der Waals surface area (Å²) in [4.78, 5) is 3.13. The molecule has 2 nitrogen and oxygen atoms in total. The van der Waals surface area contributed by atoms with Gasteiger partial charge in [-0.1, -0.05) is 27.7 Å². The zero-order valence-corrected chi connectivity index (χ0v) is 11.0.